The monoisotopic (exact) mass is 422 g/mol. The Morgan fingerprint density at radius 2 is 1.94 bits per heavy atom. The van der Waals surface area contributed by atoms with E-state index in [-0.39, 0.29) is 11.8 Å². The molecule has 0 saturated carbocycles. The molecular weight excluding hydrogens is 396 g/mol. The van der Waals surface area contributed by atoms with E-state index < -0.39 is 6.10 Å². The fraction of sp³-hybridized carbons (Fsp3) is 0.304. The van der Waals surface area contributed by atoms with Crippen LogP contribution in [0.15, 0.2) is 52.7 Å². The molecule has 0 spiro atoms. The van der Waals surface area contributed by atoms with Crippen molar-refractivity contribution in [3.63, 3.8) is 0 Å². The molecule has 0 saturated heterocycles. The zero-order chi connectivity index (χ0) is 22.5. The molecule has 2 aromatic carbocycles. The first-order chi connectivity index (χ1) is 14.8. The van der Waals surface area contributed by atoms with E-state index in [2.05, 4.69) is 10.2 Å². The highest BCUT2D eigenvalue weighted by atomic mass is 16.5. The van der Waals surface area contributed by atoms with Gasteiger partial charge in [0.05, 0.1) is 18.5 Å². The number of fused-ring (bicyclic) bond motifs is 1. The lowest BCUT2D eigenvalue weighted by atomic mass is 10.1. The number of ether oxygens (including phenoxy) is 2. The second kappa shape index (κ2) is 9.42. The minimum Gasteiger partial charge on any atom is -0.490 e. The summed E-state index contributed by atoms with van der Waals surface area (Å²) < 4.78 is 11.5. The molecule has 162 valence electrons. The first kappa shape index (κ1) is 22.0. The number of carbonyl (C=O) groups excluding carboxylic acids is 2. The Morgan fingerprint density at radius 1 is 1.19 bits per heavy atom. The minimum absolute atomic E-state index is 0.143. The average Bonchev–Trinajstić information content (AvgIpc) is 3.00. The van der Waals surface area contributed by atoms with E-state index in [0.717, 1.165) is 16.8 Å². The van der Waals surface area contributed by atoms with Crippen LogP contribution in [0.1, 0.15) is 25.0 Å². The highest BCUT2D eigenvalue weighted by molar-refractivity contribution is 6.54. The van der Waals surface area contributed by atoms with E-state index in [1.54, 1.807) is 57.4 Å². The third kappa shape index (κ3) is 4.74. The normalized spacial score (nSPS) is 15.3. The highest BCUT2D eigenvalue weighted by Gasteiger charge is 2.31. The molecule has 0 unspecified atom stereocenters. The van der Waals surface area contributed by atoms with E-state index in [1.165, 1.54) is 4.90 Å². The smallest absolute Gasteiger partial charge is 0.279 e. The number of hydrogen-bond acceptors (Lipinski definition) is 6. The molecular formula is C23H26N4O4. The summed E-state index contributed by atoms with van der Waals surface area (Å²) in [6.45, 7) is 3.99. The Balaban J connectivity index is 1.82. The Bertz CT molecular complexity index is 1050. The minimum atomic E-state index is -0.648. The summed E-state index contributed by atoms with van der Waals surface area (Å²) >= 11 is 0. The molecule has 2 aromatic rings. The number of anilines is 1. The largest absolute Gasteiger partial charge is 0.490 e. The molecule has 0 N–H and O–H groups in total. The Labute approximate surface area is 181 Å². The number of benzene rings is 2. The van der Waals surface area contributed by atoms with Gasteiger partial charge in [-0.2, -0.15) is 5.10 Å². The van der Waals surface area contributed by atoms with Crippen molar-refractivity contribution in [1.29, 1.82) is 0 Å². The van der Waals surface area contributed by atoms with Gasteiger partial charge in [-0.15, -0.1) is 5.10 Å². The maximum Gasteiger partial charge on any atom is 0.279 e. The highest BCUT2D eigenvalue weighted by Crippen LogP contribution is 2.30. The van der Waals surface area contributed by atoms with Crippen LogP contribution in [0.5, 0.6) is 11.5 Å². The lowest BCUT2D eigenvalue weighted by Gasteiger charge is -2.20. The molecule has 0 aromatic heterocycles. The van der Waals surface area contributed by atoms with Crippen molar-refractivity contribution in [3.05, 3.63) is 53.6 Å². The van der Waals surface area contributed by atoms with Gasteiger partial charge in [-0.3, -0.25) is 9.59 Å². The molecule has 3 rings (SSSR count). The predicted octanol–water partition coefficient (Wildman–Crippen LogP) is 2.74. The average molecular weight is 422 g/mol. The number of hydrogen-bond donors (Lipinski definition) is 0. The maximum atomic E-state index is 12.4. The third-order valence-electron chi connectivity index (χ3n) is 4.75. The number of rotatable bonds is 7. The molecule has 1 heterocycles. The van der Waals surface area contributed by atoms with Crippen molar-refractivity contribution < 1.29 is 19.1 Å². The van der Waals surface area contributed by atoms with Gasteiger partial charge in [0, 0.05) is 26.7 Å². The second-order valence-electron chi connectivity index (χ2n) is 7.21. The van der Waals surface area contributed by atoms with Crippen LogP contribution >= 0.6 is 0 Å². The van der Waals surface area contributed by atoms with Crippen molar-refractivity contribution in [2.75, 3.05) is 32.6 Å². The summed E-state index contributed by atoms with van der Waals surface area (Å²) in [6.07, 6.45) is 0.896. The zero-order valence-corrected chi connectivity index (χ0v) is 18.3. The van der Waals surface area contributed by atoms with Crippen LogP contribution in [-0.4, -0.2) is 62.5 Å². The topological polar surface area (TPSA) is 83.8 Å². The molecule has 1 atom stereocenters. The fourth-order valence-electron chi connectivity index (χ4n) is 3.17. The van der Waals surface area contributed by atoms with Gasteiger partial charge in [-0.25, -0.2) is 0 Å². The summed E-state index contributed by atoms with van der Waals surface area (Å²) in [5.74, 6) is 0.626. The lowest BCUT2D eigenvalue weighted by molar-refractivity contribution is -0.135. The van der Waals surface area contributed by atoms with Crippen molar-refractivity contribution >= 4 is 29.4 Å². The van der Waals surface area contributed by atoms with Gasteiger partial charge in [0.25, 0.3) is 11.8 Å². The SMILES string of the molecule is CCOc1cc(/C=N\N=C2/C(=O)N(C)c3ccccc32)ccc1O[C@H](C)C(=O)N(C)C. The molecule has 8 nitrogen and oxygen atoms in total. The summed E-state index contributed by atoms with van der Waals surface area (Å²) in [4.78, 5) is 27.6. The van der Waals surface area contributed by atoms with Crippen molar-refractivity contribution in [3.8, 4) is 11.5 Å². The number of likely N-dealkylation sites (N-methyl/N-ethyl adjacent to an activating group) is 2. The molecule has 31 heavy (non-hydrogen) atoms. The summed E-state index contributed by atoms with van der Waals surface area (Å²) in [6, 6.07) is 12.7. The van der Waals surface area contributed by atoms with Crippen LogP contribution in [0.3, 0.4) is 0 Å². The van der Waals surface area contributed by atoms with Crippen molar-refractivity contribution in [2.45, 2.75) is 20.0 Å². The van der Waals surface area contributed by atoms with Crippen LogP contribution in [0.4, 0.5) is 5.69 Å². The van der Waals surface area contributed by atoms with Gasteiger partial charge in [-0.05, 0) is 43.7 Å². The fourth-order valence-corrected chi connectivity index (χ4v) is 3.17. The first-order valence-corrected chi connectivity index (χ1v) is 9.96. The number of amides is 2. The first-order valence-electron chi connectivity index (χ1n) is 9.96. The molecule has 2 amide bonds. The molecule has 8 heteroatoms. The zero-order valence-electron chi connectivity index (χ0n) is 18.3. The standard InChI is InChI=1S/C23H26N4O4/c1-6-30-20-13-16(11-12-19(20)31-15(2)22(28)26(3)4)14-24-25-21-17-9-7-8-10-18(17)27(5)23(21)29/h7-15H,6H2,1-5H3/b24-14-,25-21-/t15-/m1/s1. The number of nitrogens with zero attached hydrogens (tertiary/aromatic N) is 4. The van der Waals surface area contributed by atoms with Crippen molar-refractivity contribution in [1.82, 2.24) is 4.90 Å². The van der Waals surface area contributed by atoms with Gasteiger partial charge in [0.1, 0.15) is 0 Å². The van der Waals surface area contributed by atoms with Crippen LogP contribution < -0.4 is 14.4 Å². The van der Waals surface area contributed by atoms with Gasteiger partial charge in [0.2, 0.25) is 0 Å². The molecule has 1 aliphatic rings. The molecule has 0 fully saturated rings. The summed E-state index contributed by atoms with van der Waals surface area (Å²) in [7, 11) is 5.07. The van der Waals surface area contributed by atoms with Gasteiger partial charge >= 0.3 is 0 Å². The van der Waals surface area contributed by atoms with Crippen LogP contribution in [0.25, 0.3) is 0 Å². The molecule has 0 bridgehead atoms. The maximum absolute atomic E-state index is 12.4. The summed E-state index contributed by atoms with van der Waals surface area (Å²) in [5.41, 5.74) is 2.59. The van der Waals surface area contributed by atoms with Crippen LogP contribution in [-0.2, 0) is 9.59 Å². The molecule has 0 aliphatic carbocycles. The Hall–Kier alpha value is -3.68. The summed E-state index contributed by atoms with van der Waals surface area (Å²) in [5, 5.41) is 8.26. The lowest BCUT2D eigenvalue weighted by Crippen LogP contribution is -2.35. The second-order valence-corrected chi connectivity index (χ2v) is 7.21. The van der Waals surface area contributed by atoms with E-state index in [4.69, 9.17) is 9.47 Å². The number of para-hydroxylation sites is 1. The quantitative estimate of drug-likeness (QED) is 0.507. The van der Waals surface area contributed by atoms with E-state index in [0.29, 0.717) is 23.8 Å². The van der Waals surface area contributed by atoms with Gasteiger partial charge in [-0.1, -0.05) is 18.2 Å². The molecule has 1 aliphatic heterocycles. The van der Waals surface area contributed by atoms with Crippen molar-refractivity contribution in [2.24, 2.45) is 10.2 Å². The van der Waals surface area contributed by atoms with E-state index in [9.17, 15) is 9.59 Å². The van der Waals surface area contributed by atoms with E-state index in [1.807, 2.05) is 31.2 Å². The number of carbonyl (C=O) groups is 2. The predicted molar refractivity (Wildman–Crippen MR) is 120 cm³/mol. The van der Waals surface area contributed by atoms with Gasteiger partial charge in [0.15, 0.2) is 23.3 Å². The van der Waals surface area contributed by atoms with Crippen LogP contribution in [0.2, 0.25) is 0 Å². The molecule has 0 radical (unpaired) electrons. The Kier molecular flexibility index (Phi) is 6.69. The van der Waals surface area contributed by atoms with E-state index >= 15 is 0 Å². The van der Waals surface area contributed by atoms with Gasteiger partial charge < -0.3 is 19.3 Å². The Morgan fingerprint density at radius 3 is 2.65 bits per heavy atom. The van der Waals surface area contributed by atoms with Crippen LogP contribution in [0, 0.1) is 0 Å². The third-order valence-corrected chi connectivity index (χ3v) is 4.75.